The molecule has 5 rings (SSSR count). The van der Waals surface area contributed by atoms with E-state index in [1.54, 1.807) is 24.3 Å². The molecular formula is C26H24FN5O4. The first-order valence-electron chi connectivity index (χ1n) is 11.6. The first-order chi connectivity index (χ1) is 17.3. The molecule has 0 aliphatic heterocycles. The topological polar surface area (TPSA) is 104 Å². The number of fused-ring (bicyclic) bond motifs is 3. The quantitative estimate of drug-likeness (QED) is 0.395. The zero-order valence-corrected chi connectivity index (χ0v) is 19.8. The Kier molecular flexibility index (Phi) is 5.79. The van der Waals surface area contributed by atoms with E-state index in [-0.39, 0.29) is 47.9 Å². The van der Waals surface area contributed by atoms with Gasteiger partial charge in [-0.3, -0.25) is 23.3 Å². The molecule has 3 heterocycles. The molecule has 0 atom stereocenters. The van der Waals surface area contributed by atoms with Crippen molar-refractivity contribution in [1.29, 1.82) is 0 Å². The fourth-order valence-corrected chi connectivity index (χ4v) is 4.46. The molecule has 0 amide bonds. The van der Waals surface area contributed by atoms with E-state index >= 15 is 0 Å². The Labute approximate surface area is 203 Å². The van der Waals surface area contributed by atoms with Gasteiger partial charge in [-0.2, -0.15) is 4.98 Å². The van der Waals surface area contributed by atoms with Crippen LogP contribution in [-0.4, -0.2) is 28.2 Å². The molecule has 0 bridgehead atoms. The van der Waals surface area contributed by atoms with E-state index < -0.39 is 22.6 Å². The van der Waals surface area contributed by atoms with E-state index in [0.29, 0.717) is 12.0 Å². The van der Waals surface area contributed by atoms with E-state index in [9.17, 15) is 23.9 Å². The second kappa shape index (κ2) is 8.95. The van der Waals surface area contributed by atoms with Crippen molar-refractivity contribution in [2.75, 3.05) is 0 Å². The van der Waals surface area contributed by atoms with Gasteiger partial charge in [0.15, 0.2) is 11.2 Å². The fraction of sp³-hybridized carbons (Fsp3) is 0.231. The molecule has 0 fully saturated rings. The molecule has 10 heteroatoms. The van der Waals surface area contributed by atoms with Gasteiger partial charge in [0, 0.05) is 7.05 Å². The van der Waals surface area contributed by atoms with E-state index in [2.05, 4.69) is 4.98 Å². The molecule has 0 aliphatic rings. The molecule has 0 unspecified atom stereocenters. The lowest BCUT2D eigenvalue weighted by Gasteiger charge is -2.14. The Morgan fingerprint density at radius 2 is 1.53 bits per heavy atom. The van der Waals surface area contributed by atoms with Crippen LogP contribution < -0.4 is 16.8 Å². The summed E-state index contributed by atoms with van der Waals surface area (Å²) in [5, 5.41) is 11.1. The Morgan fingerprint density at radius 3 is 2.19 bits per heavy atom. The minimum absolute atomic E-state index is 0.0150. The minimum Gasteiger partial charge on any atom is -0.494 e. The summed E-state index contributed by atoms with van der Waals surface area (Å²) < 4.78 is 18.3. The van der Waals surface area contributed by atoms with Crippen LogP contribution in [0.2, 0.25) is 0 Å². The van der Waals surface area contributed by atoms with E-state index in [1.807, 2.05) is 25.1 Å². The van der Waals surface area contributed by atoms with Crippen LogP contribution >= 0.6 is 0 Å². The second-order valence-electron chi connectivity index (χ2n) is 8.71. The van der Waals surface area contributed by atoms with E-state index in [0.717, 1.165) is 10.1 Å². The average molecular weight is 490 g/mol. The standard InChI is InChI=1S/C26H24FN5O4/c1-3-7-19-22(33)30(14-17-10-12-18(27)13-11-17)25-28-21-20(32(25)23(19)34)24(35)31(26(36)29(21)2)15-16-8-5-4-6-9-16/h4-6,8-13,33H,3,7,14-15H2,1-2H3. The van der Waals surface area contributed by atoms with Gasteiger partial charge in [0.25, 0.3) is 11.1 Å². The molecule has 36 heavy (non-hydrogen) atoms. The van der Waals surface area contributed by atoms with Gasteiger partial charge in [-0.05, 0) is 29.7 Å². The summed E-state index contributed by atoms with van der Waals surface area (Å²) in [5.41, 5.74) is -0.257. The van der Waals surface area contributed by atoms with Crippen molar-refractivity contribution in [1.82, 2.24) is 23.1 Å². The van der Waals surface area contributed by atoms with Crippen molar-refractivity contribution in [2.24, 2.45) is 7.05 Å². The van der Waals surface area contributed by atoms with Gasteiger partial charge in [-0.25, -0.2) is 13.6 Å². The number of hydrogen-bond acceptors (Lipinski definition) is 5. The summed E-state index contributed by atoms with van der Waals surface area (Å²) in [4.78, 5) is 44.8. The molecule has 0 spiro atoms. The van der Waals surface area contributed by atoms with Gasteiger partial charge in [0.1, 0.15) is 5.82 Å². The van der Waals surface area contributed by atoms with Gasteiger partial charge in [-0.15, -0.1) is 0 Å². The molecule has 5 aromatic rings. The summed E-state index contributed by atoms with van der Waals surface area (Å²) in [6.45, 7) is 1.97. The SMILES string of the molecule is CCCc1c(O)n(Cc2ccc(F)cc2)c2nc3c(c(=O)n(Cc4ccccc4)c(=O)n3C)n2c1=O. The van der Waals surface area contributed by atoms with Crippen molar-refractivity contribution < 1.29 is 9.50 Å². The molecule has 0 radical (unpaired) electrons. The van der Waals surface area contributed by atoms with Crippen molar-refractivity contribution >= 4 is 16.9 Å². The highest BCUT2D eigenvalue weighted by molar-refractivity contribution is 5.75. The fourth-order valence-electron chi connectivity index (χ4n) is 4.46. The second-order valence-corrected chi connectivity index (χ2v) is 8.71. The lowest BCUT2D eigenvalue weighted by atomic mass is 10.1. The first-order valence-corrected chi connectivity index (χ1v) is 11.6. The van der Waals surface area contributed by atoms with Crippen LogP contribution in [0.15, 0.2) is 69.0 Å². The predicted octanol–water partition coefficient (Wildman–Crippen LogP) is 2.40. The summed E-state index contributed by atoms with van der Waals surface area (Å²) >= 11 is 0. The highest BCUT2D eigenvalue weighted by Crippen LogP contribution is 2.22. The number of benzene rings is 2. The van der Waals surface area contributed by atoms with Crippen molar-refractivity contribution in [3.63, 3.8) is 0 Å². The van der Waals surface area contributed by atoms with E-state index in [4.69, 9.17) is 0 Å². The van der Waals surface area contributed by atoms with Crippen LogP contribution in [-0.2, 0) is 26.6 Å². The van der Waals surface area contributed by atoms with Crippen LogP contribution in [0.4, 0.5) is 4.39 Å². The zero-order valence-electron chi connectivity index (χ0n) is 19.8. The summed E-state index contributed by atoms with van der Waals surface area (Å²) in [6.07, 6.45) is 0.849. The van der Waals surface area contributed by atoms with Gasteiger partial charge >= 0.3 is 5.69 Å². The number of aromatic hydroxyl groups is 1. The van der Waals surface area contributed by atoms with Gasteiger partial charge < -0.3 is 5.11 Å². The zero-order chi connectivity index (χ0) is 25.6. The van der Waals surface area contributed by atoms with Gasteiger partial charge in [0.2, 0.25) is 11.7 Å². The molecule has 0 saturated heterocycles. The van der Waals surface area contributed by atoms with Crippen molar-refractivity contribution in [2.45, 2.75) is 32.9 Å². The number of nitrogens with zero attached hydrogens (tertiary/aromatic N) is 5. The highest BCUT2D eigenvalue weighted by atomic mass is 19.1. The summed E-state index contributed by atoms with van der Waals surface area (Å²) in [5.74, 6) is -0.662. The Morgan fingerprint density at radius 1 is 0.889 bits per heavy atom. The van der Waals surface area contributed by atoms with Crippen molar-refractivity contribution in [3.8, 4) is 5.88 Å². The predicted molar refractivity (Wildman–Crippen MR) is 133 cm³/mol. The molecule has 1 N–H and O–H groups in total. The number of rotatable bonds is 6. The van der Waals surface area contributed by atoms with Crippen LogP contribution in [0.5, 0.6) is 5.88 Å². The maximum atomic E-state index is 13.6. The maximum Gasteiger partial charge on any atom is 0.332 e. The van der Waals surface area contributed by atoms with Gasteiger partial charge in [0.05, 0.1) is 18.7 Å². The Bertz CT molecular complexity index is 1780. The molecule has 184 valence electrons. The summed E-state index contributed by atoms with van der Waals surface area (Å²) in [7, 11) is 1.49. The smallest absolute Gasteiger partial charge is 0.332 e. The molecule has 0 saturated carbocycles. The number of hydrogen-bond donors (Lipinski definition) is 1. The van der Waals surface area contributed by atoms with Crippen molar-refractivity contribution in [3.05, 3.63) is 108 Å². The molecular weight excluding hydrogens is 465 g/mol. The first kappa shape index (κ1) is 23.3. The van der Waals surface area contributed by atoms with Gasteiger partial charge in [-0.1, -0.05) is 55.8 Å². The minimum atomic E-state index is -0.650. The third-order valence-electron chi connectivity index (χ3n) is 6.29. The molecule has 9 nitrogen and oxygen atoms in total. The monoisotopic (exact) mass is 489 g/mol. The third-order valence-corrected chi connectivity index (χ3v) is 6.29. The normalized spacial score (nSPS) is 11.5. The highest BCUT2D eigenvalue weighted by Gasteiger charge is 2.24. The third kappa shape index (κ3) is 3.71. The maximum absolute atomic E-state index is 13.6. The lowest BCUT2D eigenvalue weighted by molar-refractivity contribution is 0.411. The number of halogens is 1. The van der Waals surface area contributed by atoms with Crippen LogP contribution in [0.1, 0.15) is 30.0 Å². The Hall–Kier alpha value is -4.47. The largest absolute Gasteiger partial charge is 0.494 e. The molecule has 0 aliphatic carbocycles. The van der Waals surface area contributed by atoms with Crippen LogP contribution in [0.3, 0.4) is 0 Å². The number of aryl methyl sites for hydroxylation is 1. The lowest BCUT2D eigenvalue weighted by Crippen LogP contribution is -2.40. The Balaban J connectivity index is 1.85. The number of aromatic nitrogens is 5. The molecule has 3 aromatic heterocycles. The summed E-state index contributed by atoms with van der Waals surface area (Å²) in [6, 6.07) is 14.8. The molecule has 2 aromatic carbocycles. The number of imidazole rings is 1. The van der Waals surface area contributed by atoms with E-state index in [1.165, 1.54) is 32.7 Å². The van der Waals surface area contributed by atoms with Crippen LogP contribution in [0, 0.1) is 5.82 Å². The van der Waals surface area contributed by atoms with Crippen LogP contribution in [0.25, 0.3) is 16.9 Å². The average Bonchev–Trinajstić information content (AvgIpc) is 3.28.